The summed E-state index contributed by atoms with van der Waals surface area (Å²) in [4.78, 5) is 43.5. The first-order valence-corrected chi connectivity index (χ1v) is 14.2. The van der Waals surface area contributed by atoms with Gasteiger partial charge < -0.3 is 25.4 Å². The van der Waals surface area contributed by atoms with E-state index in [1.54, 1.807) is 9.58 Å². The molecule has 4 heterocycles. The number of para-hydroxylation sites is 1. The van der Waals surface area contributed by atoms with Crippen LogP contribution in [0.3, 0.4) is 0 Å². The smallest absolute Gasteiger partial charge is 0.247 e. The summed E-state index contributed by atoms with van der Waals surface area (Å²) in [6.45, 7) is 8.20. The number of rotatable bonds is 11. The van der Waals surface area contributed by atoms with Crippen molar-refractivity contribution in [1.82, 2.24) is 30.5 Å². The SMILES string of the molecule is CCCNC(=O)[C@@H]1[C@H]2C(=O)N([C@@H](CO)[C@@H](C)CC)C(C(=O)NCn3nnc4ccccc43)C23CC[C@@]1(CC)O3. The molecule has 11 heteroatoms. The Morgan fingerprint density at radius 3 is 2.64 bits per heavy atom. The van der Waals surface area contributed by atoms with Crippen LogP contribution >= 0.6 is 0 Å². The van der Waals surface area contributed by atoms with Crippen LogP contribution in [0.15, 0.2) is 24.3 Å². The molecule has 212 valence electrons. The molecular formula is C28H40N6O5. The van der Waals surface area contributed by atoms with Crippen LogP contribution in [0.2, 0.25) is 0 Å². The second-order valence-electron chi connectivity index (χ2n) is 11.3. The van der Waals surface area contributed by atoms with Crippen molar-refractivity contribution in [1.29, 1.82) is 0 Å². The van der Waals surface area contributed by atoms with E-state index in [-0.39, 0.29) is 36.9 Å². The fraction of sp³-hybridized carbons (Fsp3) is 0.679. The molecule has 3 N–H and O–H groups in total. The van der Waals surface area contributed by atoms with Gasteiger partial charge in [-0.3, -0.25) is 14.4 Å². The summed E-state index contributed by atoms with van der Waals surface area (Å²) in [6, 6.07) is 5.91. The highest BCUT2D eigenvalue weighted by Gasteiger charge is 2.79. The van der Waals surface area contributed by atoms with Gasteiger partial charge >= 0.3 is 0 Å². The third kappa shape index (κ3) is 4.12. The Labute approximate surface area is 228 Å². The van der Waals surface area contributed by atoms with Gasteiger partial charge in [0.2, 0.25) is 17.7 Å². The molecule has 3 aliphatic rings. The van der Waals surface area contributed by atoms with E-state index in [0.29, 0.717) is 37.7 Å². The molecule has 39 heavy (non-hydrogen) atoms. The van der Waals surface area contributed by atoms with Crippen molar-refractivity contribution in [3.63, 3.8) is 0 Å². The maximum atomic E-state index is 14.3. The molecule has 5 rings (SSSR count). The van der Waals surface area contributed by atoms with Crippen LogP contribution in [0.1, 0.15) is 59.8 Å². The number of hydrogen-bond donors (Lipinski definition) is 3. The maximum absolute atomic E-state index is 14.3. The molecule has 1 aromatic carbocycles. The van der Waals surface area contributed by atoms with Gasteiger partial charge in [0.25, 0.3) is 0 Å². The monoisotopic (exact) mass is 540 g/mol. The predicted octanol–water partition coefficient (Wildman–Crippen LogP) is 1.59. The van der Waals surface area contributed by atoms with Gasteiger partial charge in [0.1, 0.15) is 23.8 Å². The quantitative estimate of drug-likeness (QED) is 0.393. The summed E-state index contributed by atoms with van der Waals surface area (Å²) >= 11 is 0. The van der Waals surface area contributed by atoms with E-state index in [9.17, 15) is 19.5 Å². The first-order chi connectivity index (χ1) is 18.8. The number of carbonyl (C=O) groups excluding carboxylic acids is 3. The van der Waals surface area contributed by atoms with Gasteiger partial charge in [-0.15, -0.1) is 5.10 Å². The van der Waals surface area contributed by atoms with Gasteiger partial charge in [0.15, 0.2) is 0 Å². The Morgan fingerprint density at radius 2 is 1.95 bits per heavy atom. The van der Waals surface area contributed by atoms with Crippen LogP contribution < -0.4 is 10.6 Å². The van der Waals surface area contributed by atoms with Gasteiger partial charge in [0, 0.05) is 6.54 Å². The van der Waals surface area contributed by atoms with Crippen molar-refractivity contribution in [3.8, 4) is 0 Å². The van der Waals surface area contributed by atoms with Gasteiger partial charge in [-0.05, 0) is 43.7 Å². The maximum Gasteiger partial charge on any atom is 0.247 e. The average molecular weight is 541 g/mol. The molecular weight excluding hydrogens is 500 g/mol. The fourth-order valence-corrected chi connectivity index (χ4v) is 7.17. The average Bonchev–Trinajstić information content (AvgIpc) is 3.68. The zero-order valence-corrected chi connectivity index (χ0v) is 23.2. The van der Waals surface area contributed by atoms with E-state index in [2.05, 4.69) is 20.9 Å². The fourth-order valence-electron chi connectivity index (χ4n) is 7.17. The summed E-state index contributed by atoms with van der Waals surface area (Å²) in [5, 5.41) is 24.7. The summed E-state index contributed by atoms with van der Waals surface area (Å²) in [5.41, 5.74) is -0.451. The van der Waals surface area contributed by atoms with Crippen LogP contribution in [0.4, 0.5) is 0 Å². The molecule has 3 amide bonds. The third-order valence-corrected chi connectivity index (χ3v) is 9.37. The van der Waals surface area contributed by atoms with Crippen LogP contribution in [-0.4, -0.2) is 79.2 Å². The number of aliphatic hydroxyl groups excluding tert-OH is 1. The number of hydrogen-bond acceptors (Lipinski definition) is 7. The molecule has 3 aliphatic heterocycles. The van der Waals surface area contributed by atoms with E-state index in [0.717, 1.165) is 11.9 Å². The summed E-state index contributed by atoms with van der Waals surface area (Å²) in [5.74, 6) is -2.40. The molecule has 2 unspecified atom stereocenters. The largest absolute Gasteiger partial charge is 0.394 e. The van der Waals surface area contributed by atoms with Crippen molar-refractivity contribution in [3.05, 3.63) is 24.3 Å². The Balaban J connectivity index is 1.52. The molecule has 11 nitrogen and oxygen atoms in total. The van der Waals surface area contributed by atoms with Gasteiger partial charge in [0.05, 0.1) is 35.6 Å². The molecule has 3 saturated heterocycles. The lowest BCUT2D eigenvalue weighted by molar-refractivity contribution is -0.152. The van der Waals surface area contributed by atoms with E-state index >= 15 is 0 Å². The number of benzene rings is 1. The lowest BCUT2D eigenvalue weighted by Gasteiger charge is -2.39. The standard InChI is InChI=1S/C28H40N6O5/c1-5-14-29-24(36)21-22-26(38)34(20(15-35)17(4)6-2)23(28(22)13-12-27(21,7-3)39-28)25(37)30-16-33-19-11-9-8-10-18(19)31-32-33/h8-11,17,20-23,35H,5-7,12-16H2,1-4H3,(H,29,36)(H,30,37)/t17-,20-,21-,22-,23?,27+,28?/m0/s1. The number of aliphatic hydroxyl groups is 1. The van der Waals surface area contributed by atoms with Gasteiger partial charge in [-0.2, -0.15) is 0 Å². The Morgan fingerprint density at radius 1 is 1.18 bits per heavy atom. The highest BCUT2D eigenvalue weighted by molar-refractivity contribution is 5.99. The number of carbonyl (C=O) groups is 3. The number of likely N-dealkylation sites (tertiary alicyclic amines) is 1. The number of nitrogens with one attached hydrogen (secondary N) is 2. The number of amides is 3. The third-order valence-electron chi connectivity index (χ3n) is 9.37. The lowest BCUT2D eigenvalue weighted by atomic mass is 9.65. The van der Waals surface area contributed by atoms with Crippen LogP contribution in [0, 0.1) is 17.8 Å². The molecule has 0 aliphatic carbocycles. The zero-order chi connectivity index (χ0) is 27.9. The minimum Gasteiger partial charge on any atom is -0.394 e. The Bertz CT molecular complexity index is 1250. The number of aromatic nitrogens is 3. The number of fused-ring (bicyclic) bond motifs is 2. The first kappa shape index (κ1) is 27.5. The Hall–Kier alpha value is -3.05. The van der Waals surface area contributed by atoms with Gasteiger partial charge in [-0.1, -0.05) is 51.5 Å². The molecule has 0 saturated carbocycles. The topological polar surface area (TPSA) is 139 Å². The first-order valence-electron chi connectivity index (χ1n) is 14.2. The van der Waals surface area contributed by atoms with E-state index < -0.39 is 35.1 Å². The highest BCUT2D eigenvalue weighted by atomic mass is 16.5. The number of nitrogens with zero attached hydrogens (tertiary/aromatic N) is 4. The summed E-state index contributed by atoms with van der Waals surface area (Å²) in [7, 11) is 0. The van der Waals surface area contributed by atoms with Crippen molar-refractivity contribution >= 4 is 28.8 Å². The molecule has 2 aromatic rings. The van der Waals surface area contributed by atoms with Crippen molar-refractivity contribution in [2.45, 2.75) is 89.8 Å². The second kappa shape index (κ2) is 10.5. The predicted molar refractivity (Wildman–Crippen MR) is 143 cm³/mol. The van der Waals surface area contributed by atoms with E-state index in [4.69, 9.17) is 4.74 Å². The van der Waals surface area contributed by atoms with Crippen LogP contribution in [-0.2, 0) is 25.8 Å². The van der Waals surface area contributed by atoms with Crippen LogP contribution in [0.25, 0.3) is 11.0 Å². The zero-order valence-electron chi connectivity index (χ0n) is 23.2. The molecule has 7 atom stereocenters. The summed E-state index contributed by atoms with van der Waals surface area (Å²) in [6.07, 6.45) is 3.14. The van der Waals surface area contributed by atoms with Crippen molar-refractivity contribution < 1.29 is 24.2 Å². The molecule has 2 bridgehead atoms. The van der Waals surface area contributed by atoms with E-state index in [1.165, 1.54) is 0 Å². The van der Waals surface area contributed by atoms with Gasteiger partial charge in [-0.25, -0.2) is 4.68 Å². The Kier molecular flexibility index (Phi) is 7.41. The lowest BCUT2D eigenvalue weighted by Crippen LogP contribution is -2.59. The minimum absolute atomic E-state index is 0.0606. The molecule has 1 spiro atoms. The van der Waals surface area contributed by atoms with Crippen LogP contribution in [0.5, 0.6) is 0 Å². The number of ether oxygens (including phenoxy) is 1. The normalized spacial score (nSPS) is 30.9. The van der Waals surface area contributed by atoms with Crippen molar-refractivity contribution in [2.24, 2.45) is 17.8 Å². The highest BCUT2D eigenvalue weighted by Crippen LogP contribution is 2.64. The van der Waals surface area contributed by atoms with Crippen molar-refractivity contribution in [2.75, 3.05) is 13.2 Å². The molecule has 3 fully saturated rings. The minimum atomic E-state index is -1.14. The summed E-state index contributed by atoms with van der Waals surface area (Å²) < 4.78 is 8.38. The molecule has 0 radical (unpaired) electrons. The molecule has 1 aromatic heterocycles. The van der Waals surface area contributed by atoms with E-state index in [1.807, 2.05) is 52.0 Å². The second-order valence-corrected chi connectivity index (χ2v) is 11.3.